The standard InChI is InChI=1S/C23H20F4N6O3/c24-15-3-4-17(23(25,26)27)16(10-15)22(36)33-8-6-32(7-9-33)20(34)13-29-21(35)19-11-18(30-31-19)14-2-1-5-28-12-14/h1-5,10-12H,6-9,13H2,(H,29,35)(H,30,31). The van der Waals surface area contributed by atoms with Crippen LogP contribution in [0.2, 0.25) is 0 Å². The normalized spacial score (nSPS) is 14.0. The van der Waals surface area contributed by atoms with Crippen LogP contribution in [-0.4, -0.2) is 75.4 Å². The predicted octanol–water partition coefficient (Wildman–Crippen LogP) is 2.34. The molecule has 1 aromatic carbocycles. The zero-order valence-electron chi connectivity index (χ0n) is 18.7. The number of halogens is 4. The van der Waals surface area contributed by atoms with Gasteiger partial charge in [0.15, 0.2) is 0 Å². The molecule has 3 amide bonds. The molecule has 0 radical (unpaired) electrons. The number of aromatic amines is 1. The van der Waals surface area contributed by atoms with Gasteiger partial charge in [-0.05, 0) is 36.4 Å². The van der Waals surface area contributed by atoms with E-state index < -0.39 is 40.8 Å². The van der Waals surface area contributed by atoms with Crippen LogP contribution in [0.1, 0.15) is 26.4 Å². The van der Waals surface area contributed by atoms with Crippen molar-refractivity contribution in [1.82, 2.24) is 30.3 Å². The quantitative estimate of drug-likeness (QED) is 0.519. The number of aromatic nitrogens is 3. The van der Waals surface area contributed by atoms with Gasteiger partial charge in [0.2, 0.25) is 5.91 Å². The maximum absolute atomic E-state index is 13.6. The summed E-state index contributed by atoms with van der Waals surface area (Å²) in [4.78, 5) is 44.0. The molecule has 0 bridgehead atoms. The van der Waals surface area contributed by atoms with Crippen molar-refractivity contribution in [3.8, 4) is 11.3 Å². The van der Waals surface area contributed by atoms with Crippen LogP contribution in [0, 0.1) is 5.82 Å². The van der Waals surface area contributed by atoms with E-state index in [4.69, 9.17) is 0 Å². The fourth-order valence-electron chi connectivity index (χ4n) is 3.73. The number of alkyl halides is 3. The Kier molecular flexibility index (Phi) is 6.99. The van der Waals surface area contributed by atoms with E-state index in [1.807, 2.05) is 0 Å². The number of hydrogen-bond donors (Lipinski definition) is 2. The van der Waals surface area contributed by atoms with Gasteiger partial charge in [-0.25, -0.2) is 4.39 Å². The average Bonchev–Trinajstić information content (AvgIpc) is 3.37. The molecule has 13 heteroatoms. The molecule has 0 atom stereocenters. The van der Waals surface area contributed by atoms with Gasteiger partial charge >= 0.3 is 6.18 Å². The van der Waals surface area contributed by atoms with E-state index in [0.29, 0.717) is 29.5 Å². The molecule has 1 aliphatic rings. The van der Waals surface area contributed by atoms with Crippen molar-refractivity contribution in [2.75, 3.05) is 32.7 Å². The van der Waals surface area contributed by atoms with E-state index in [-0.39, 0.29) is 38.4 Å². The molecular formula is C23H20F4N6O3. The Hall–Kier alpha value is -4.29. The Morgan fingerprint density at radius 3 is 2.42 bits per heavy atom. The highest BCUT2D eigenvalue weighted by atomic mass is 19.4. The van der Waals surface area contributed by atoms with Crippen molar-refractivity contribution >= 4 is 17.7 Å². The number of nitrogens with one attached hydrogen (secondary N) is 2. The number of rotatable bonds is 5. The highest BCUT2D eigenvalue weighted by Crippen LogP contribution is 2.33. The van der Waals surface area contributed by atoms with Gasteiger partial charge in [-0.1, -0.05) is 0 Å². The lowest BCUT2D eigenvalue weighted by atomic mass is 10.0. The molecule has 1 fully saturated rings. The number of piperazine rings is 1. The van der Waals surface area contributed by atoms with Crippen LogP contribution in [0.5, 0.6) is 0 Å². The van der Waals surface area contributed by atoms with Crippen molar-refractivity contribution in [2.45, 2.75) is 6.18 Å². The number of H-pyrrole nitrogens is 1. The van der Waals surface area contributed by atoms with Crippen LogP contribution in [-0.2, 0) is 11.0 Å². The van der Waals surface area contributed by atoms with Gasteiger partial charge in [0.1, 0.15) is 11.5 Å². The SMILES string of the molecule is O=C(NCC(=O)N1CCN(C(=O)c2cc(F)ccc2C(F)(F)F)CC1)c1cc(-c2cccnc2)n[nH]1. The summed E-state index contributed by atoms with van der Waals surface area (Å²) in [6.45, 7) is -0.308. The van der Waals surface area contributed by atoms with Gasteiger partial charge < -0.3 is 15.1 Å². The fraction of sp³-hybridized carbons (Fsp3) is 0.261. The lowest BCUT2D eigenvalue weighted by molar-refractivity contribution is -0.138. The van der Waals surface area contributed by atoms with Crippen LogP contribution >= 0.6 is 0 Å². The van der Waals surface area contributed by atoms with Crippen molar-refractivity contribution in [2.24, 2.45) is 0 Å². The maximum Gasteiger partial charge on any atom is 0.417 e. The van der Waals surface area contributed by atoms with Gasteiger partial charge in [-0.3, -0.25) is 24.5 Å². The van der Waals surface area contributed by atoms with Gasteiger partial charge in [-0.15, -0.1) is 0 Å². The number of carbonyl (C=O) groups excluding carboxylic acids is 3. The number of amides is 3. The Morgan fingerprint density at radius 2 is 1.75 bits per heavy atom. The van der Waals surface area contributed by atoms with E-state index >= 15 is 0 Å². The molecule has 4 rings (SSSR count). The number of nitrogens with zero attached hydrogens (tertiary/aromatic N) is 4. The zero-order valence-corrected chi connectivity index (χ0v) is 18.7. The second kappa shape index (κ2) is 10.1. The Labute approximate surface area is 202 Å². The summed E-state index contributed by atoms with van der Waals surface area (Å²) in [5.41, 5.74) is -0.641. The first-order valence-corrected chi connectivity index (χ1v) is 10.8. The topological polar surface area (TPSA) is 111 Å². The maximum atomic E-state index is 13.6. The summed E-state index contributed by atoms with van der Waals surface area (Å²) in [5.74, 6) is -2.90. The largest absolute Gasteiger partial charge is 0.417 e. The van der Waals surface area contributed by atoms with Gasteiger partial charge in [0.05, 0.1) is 23.4 Å². The molecule has 1 saturated heterocycles. The molecular weight excluding hydrogens is 484 g/mol. The van der Waals surface area contributed by atoms with Gasteiger partial charge in [0, 0.05) is 44.1 Å². The van der Waals surface area contributed by atoms with E-state index in [2.05, 4.69) is 20.5 Å². The minimum absolute atomic E-state index is 0.0403. The summed E-state index contributed by atoms with van der Waals surface area (Å²) < 4.78 is 53.3. The Balaban J connectivity index is 1.30. The second-order valence-electron chi connectivity index (χ2n) is 7.95. The summed E-state index contributed by atoms with van der Waals surface area (Å²) in [5, 5.41) is 9.13. The molecule has 1 aliphatic heterocycles. The summed E-state index contributed by atoms with van der Waals surface area (Å²) in [7, 11) is 0. The molecule has 2 aromatic heterocycles. The zero-order chi connectivity index (χ0) is 25.9. The van der Waals surface area contributed by atoms with Crippen LogP contribution in [0.3, 0.4) is 0 Å². The predicted molar refractivity (Wildman–Crippen MR) is 118 cm³/mol. The molecule has 36 heavy (non-hydrogen) atoms. The number of pyridine rings is 1. The van der Waals surface area contributed by atoms with Crippen LogP contribution < -0.4 is 5.32 Å². The third kappa shape index (κ3) is 5.50. The van der Waals surface area contributed by atoms with Crippen molar-refractivity contribution in [3.63, 3.8) is 0 Å². The minimum Gasteiger partial charge on any atom is -0.342 e. The monoisotopic (exact) mass is 504 g/mol. The van der Waals surface area contributed by atoms with Gasteiger partial charge in [-0.2, -0.15) is 18.3 Å². The van der Waals surface area contributed by atoms with E-state index in [9.17, 15) is 31.9 Å². The summed E-state index contributed by atoms with van der Waals surface area (Å²) in [6, 6.07) is 6.76. The summed E-state index contributed by atoms with van der Waals surface area (Å²) >= 11 is 0. The van der Waals surface area contributed by atoms with Gasteiger partial charge in [0.25, 0.3) is 11.8 Å². The first kappa shape index (κ1) is 24.8. The molecule has 0 aliphatic carbocycles. The van der Waals surface area contributed by atoms with E-state index in [1.54, 1.807) is 24.5 Å². The van der Waals surface area contributed by atoms with Crippen molar-refractivity contribution in [3.05, 3.63) is 71.4 Å². The molecule has 0 spiro atoms. The average molecular weight is 504 g/mol. The van der Waals surface area contributed by atoms with Crippen molar-refractivity contribution < 1.29 is 31.9 Å². The fourth-order valence-corrected chi connectivity index (χ4v) is 3.73. The molecule has 9 nitrogen and oxygen atoms in total. The highest BCUT2D eigenvalue weighted by molar-refractivity contribution is 5.97. The highest BCUT2D eigenvalue weighted by Gasteiger charge is 2.37. The molecule has 0 saturated carbocycles. The van der Waals surface area contributed by atoms with Crippen molar-refractivity contribution in [1.29, 1.82) is 0 Å². The third-order valence-electron chi connectivity index (χ3n) is 5.62. The number of hydrogen-bond acceptors (Lipinski definition) is 5. The van der Waals surface area contributed by atoms with E-state index in [1.165, 1.54) is 11.0 Å². The first-order valence-electron chi connectivity index (χ1n) is 10.8. The Bertz CT molecular complexity index is 1270. The summed E-state index contributed by atoms with van der Waals surface area (Å²) in [6.07, 6.45) is -1.63. The number of carbonyl (C=O) groups is 3. The minimum atomic E-state index is -4.82. The second-order valence-corrected chi connectivity index (χ2v) is 7.95. The lowest BCUT2D eigenvalue weighted by Crippen LogP contribution is -2.52. The van der Waals surface area contributed by atoms with E-state index in [0.717, 1.165) is 4.90 Å². The van der Waals surface area contributed by atoms with Crippen LogP contribution in [0.25, 0.3) is 11.3 Å². The molecule has 3 heterocycles. The van der Waals surface area contributed by atoms with Crippen LogP contribution in [0.15, 0.2) is 48.8 Å². The molecule has 0 unspecified atom stereocenters. The van der Waals surface area contributed by atoms with Crippen LogP contribution in [0.4, 0.5) is 17.6 Å². The molecule has 188 valence electrons. The third-order valence-corrected chi connectivity index (χ3v) is 5.62. The number of benzene rings is 1. The molecule has 3 aromatic rings. The Morgan fingerprint density at radius 1 is 1.03 bits per heavy atom. The first-order chi connectivity index (χ1) is 17.1. The smallest absolute Gasteiger partial charge is 0.342 e. The lowest BCUT2D eigenvalue weighted by Gasteiger charge is -2.35. The molecule has 2 N–H and O–H groups in total.